The molecule has 0 rings (SSSR count). The second-order valence-corrected chi connectivity index (χ2v) is 3.01. The Bertz CT molecular complexity index is 305. The third-order valence-corrected chi connectivity index (χ3v) is 1.51. The molecule has 0 aliphatic rings. The molecule has 4 atom stereocenters. The molecule has 0 aliphatic carbocycles. The topological polar surface area (TPSA) is 265 Å². The summed E-state index contributed by atoms with van der Waals surface area (Å²) < 4.78 is 0. The summed E-state index contributed by atoms with van der Waals surface area (Å²) in [6, 6.07) is 0. The summed E-state index contributed by atoms with van der Waals surface area (Å²) in [4.78, 5) is 26.8. The van der Waals surface area contributed by atoms with Gasteiger partial charge in [0.2, 0.25) is 0 Å². The number of aliphatic hydroxyl groups is 5. The Balaban J connectivity index is -0.0000000909. The summed E-state index contributed by atoms with van der Waals surface area (Å²) in [5.41, 5.74) is 0. The summed E-state index contributed by atoms with van der Waals surface area (Å²) >= 11 is 0. The van der Waals surface area contributed by atoms with Gasteiger partial charge in [0.25, 0.3) is 0 Å². The molecule has 6 N–H and O–H groups in total. The van der Waals surface area contributed by atoms with Gasteiger partial charge >= 0.3 is 81.4 Å². The van der Waals surface area contributed by atoms with E-state index >= 15 is 0 Å². The van der Waals surface area contributed by atoms with E-state index < -0.39 is 49.3 Å². The molecule has 0 fully saturated rings. The van der Waals surface area contributed by atoms with E-state index in [1.54, 1.807) is 0 Å². The van der Waals surface area contributed by atoms with Crippen molar-refractivity contribution in [2.24, 2.45) is 0 Å². The first-order chi connectivity index (χ1) is 9.38. The summed E-state index contributed by atoms with van der Waals surface area (Å²) in [7, 11) is 0. The third-order valence-electron chi connectivity index (χ3n) is 1.51. The first-order valence-corrected chi connectivity index (χ1v) is 4.70. The van der Waals surface area contributed by atoms with E-state index in [-0.39, 0.29) is 75.5 Å². The number of carbonyl (C=O) groups excluding carboxylic acids is 2. The molecule has 0 bridgehead atoms. The van der Waals surface area contributed by atoms with Crippen molar-refractivity contribution in [1.29, 1.82) is 0 Å². The van der Waals surface area contributed by atoms with Gasteiger partial charge in [0.05, 0.1) is 6.61 Å². The molecule has 0 amide bonds. The van der Waals surface area contributed by atoms with Gasteiger partial charge in [-0.25, -0.2) is 4.79 Å². The van der Waals surface area contributed by atoms with Crippen molar-refractivity contribution in [3.63, 3.8) is 0 Å². The molecule has 0 aromatic heterocycles. The standard InChI is InChI=1S/C6H12O7.2CH2O3.2Ca/c7-1-2(8)3(9)4(10)5(11)6(12)13;2*2-1(3)4;;/h2-5,7-11H,1H2,(H,12,13);2*(H2,2,3,4);;/q;;;2*+2/p-4. The largest absolute Gasteiger partial charge is 2.00 e. The van der Waals surface area contributed by atoms with Crippen LogP contribution in [0.5, 0.6) is 0 Å². The van der Waals surface area contributed by atoms with Crippen molar-refractivity contribution < 1.29 is 65.4 Å². The van der Waals surface area contributed by atoms with Crippen molar-refractivity contribution in [2.75, 3.05) is 6.61 Å². The number of hydrogen-bond donors (Lipinski definition) is 6. The van der Waals surface area contributed by atoms with E-state index in [2.05, 4.69) is 0 Å². The van der Waals surface area contributed by atoms with Crippen LogP contribution in [-0.2, 0) is 4.79 Å². The second kappa shape index (κ2) is 20.4. The fourth-order valence-electron chi connectivity index (χ4n) is 0.668. The van der Waals surface area contributed by atoms with Crippen LogP contribution in [-0.4, -0.2) is 155 Å². The zero-order valence-corrected chi connectivity index (χ0v) is 15.9. The average Bonchev–Trinajstić information content (AvgIpc) is 2.33. The van der Waals surface area contributed by atoms with Crippen molar-refractivity contribution in [1.82, 2.24) is 0 Å². The van der Waals surface area contributed by atoms with Crippen molar-refractivity contribution in [3.05, 3.63) is 0 Å². The molecule has 126 valence electrons. The van der Waals surface area contributed by atoms with Gasteiger partial charge in [-0.2, -0.15) is 0 Å². The molecule has 0 saturated carbocycles. The number of carboxylic acid groups (broad SMARTS) is 5. The maximum Gasteiger partial charge on any atom is 2.00 e. The zero-order chi connectivity index (χ0) is 17.7. The number of rotatable bonds is 5. The van der Waals surface area contributed by atoms with Gasteiger partial charge in [0, 0.05) is 0 Å². The summed E-state index contributed by atoms with van der Waals surface area (Å²) in [6.07, 6.45) is -12.5. The van der Waals surface area contributed by atoms with Crippen LogP contribution >= 0.6 is 0 Å². The number of aliphatic carboxylic acids is 1. The molecule has 0 saturated heterocycles. The minimum atomic E-state index is -2.33. The third kappa shape index (κ3) is 27.5. The van der Waals surface area contributed by atoms with Crippen molar-refractivity contribution >= 4 is 93.8 Å². The predicted octanol–water partition coefficient (Wildman–Crippen LogP) is -9.15. The van der Waals surface area contributed by atoms with Gasteiger partial charge in [0.15, 0.2) is 6.10 Å². The van der Waals surface area contributed by atoms with E-state index in [1.165, 1.54) is 0 Å². The quantitative estimate of drug-likeness (QED) is 0.236. The molecule has 23 heavy (non-hydrogen) atoms. The van der Waals surface area contributed by atoms with E-state index in [0.29, 0.717) is 0 Å². The molecular formula is C8H12Ca2O13. The van der Waals surface area contributed by atoms with Gasteiger partial charge in [-0.15, -0.1) is 0 Å². The molecule has 0 heterocycles. The molecular weight excluding hydrogens is 384 g/mol. The molecule has 0 spiro atoms. The van der Waals surface area contributed by atoms with Crippen LogP contribution in [0.4, 0.5) is 9.59 Å². The van der Waals surface area contributed by atoms with E-state index in [9.17, 15) is 4.79 Å². The SMILES string of the molecule is O=C(O)C(O)C(O)C(O)C(O)CO.O=C([O-])[O-].O=C([O-])[O-].[Ca+2].[Ca+2]. The van der Waals surface area contributed by atoms with Crippen LogP contribution in [0.25, 0.3) is 0 Å². The molecule has 0 radical (unpaired) electrons. The number of aliphatic hydroxyl groups excluding tert-OH is 5. The number of carboxylic acids is 1. The van der Waals surface area contributed by atoms with E-state index in [4.69, 9.17) is 60.7 Å². The van der Waals surface area contributed by atoms with Crippen molar-refractivity contribution in [3.8, 4) is 0 Å². The molecule has 0 aromatic rings. The maximum absolute atomic E-state index is 10.1. The fraction of sp³-hybridized carbons (Fsp3) is 0.625. The predicted molar refractivity (Wildman–Crippen MR) is 61.0 cm³/mol. The number of carbonyl (C=O) groups is 3. The normalized spacial score (nSPS) is 13.6. The van der Waals surface area contributed by atoms with Crippen LogP contribution in [0, 0.1) is 0 Å². The maximum atomic E-state index is 10.1. The molecule has 13 nitrogen and oxygen atoms in total. The van der Waals surface area contributed by atoms with Crippen LogP contribution in [0.2, 0.25) is 0 Å². The van der Waals surface area contributed by atoms with Gasteiger partial charge in [-0.05, 0) is 12.3 Å². The summed E-state index contributed by atoms with van der Waals surface area (Å²) in [6.45, 7) is -0.843. The molecule has 4 unspecified atom stereocenters. The second-order valence-electron chi connectivity index (χ2n) is 3.01. The fourth-order valence-corrected chi connectivity index (χ4v) is 0.668. The van der Waals surface area contributed by atoms with Gasteiger partial charge in [0.1, 0.15) is 18.3 Å². The molecule has 0 aromatic carbocycles. The van der Waals surface area contributed by atoms with Crippen LogP contribution < -0.4 is 20.4 Å². The Kier molecular flexibility index (Phi) is 30.7. The van der Waals surface area contributed by atoms with Gasteiger partial charge < -0.3 is 60.7 Å². The van der Waals surface area contributed by atoms with E-state index in [0.717, 1.165) is 0 Å². The first kappa shape index (κ1) is 34.6. The molecule has 15 heteroatoms. The monoisotopic (exact) mass is 396 g/mol. The van der Waals surface area contributed by atoms with Crippen LogP contribution in [0.15, 0.2) is 0 Å². The average molecular weight is 396 g/mol. The number of hydrogen-bond acceptors (Lipinski definition) is 12. The van der Waals surface area contributed by atoms with Crippen LogP contribution in [0.1, 0.15) is 0 Å². The summed E-state index contributed by atoms with van der Waals surface area (Å²) in [5.74, 6) is -1.73. The van der Waals surface area contributed by atoms with Gasteiger partial charge in [-0.1, -0.05) is 0 Å². The Hall–Kier alpha value is 0.329. The first-order valence-electron chi connectivity index (χ1n) is 4.70. The van der Waals surface area contributed by atoms with Crippen LogP contribution in [0.3, 0.4) is 0 Å². The minimum Gasteiger partial charge on any atom is -0.652 e. The Morgan fingerprint density at radius 2 is 1.04 bits per heavy atom. The Morgan fingerprint density at radius 3 is 1.22 bits per heavy atom. The Labute approximate surface area is 188 Å². The van der Waals surface area contributed by atoms with Crippen molar-refractivity contribution in [2.45, 2.75) is 24.4 Å². The van der Waals surface area contributed by atoms with Gasteiger partial charge in [-0.3, -0.25) is 0 Å². The van der Waals surface area contributed by atoms with E-state index in [1.807, 2.05) is 0 Å². The summed E-state index contributed by atoms with van der Waals surface area (Å²) in [5, 5.41) is 85.1. The zero-order valence-electron chi connectivity index (χ0n) is 11.5. The Morgan fingerprint density at radius 1 is 0.783 bits per heavy atom. The smallest absolute Gasteiger partial charge is 0.652 e. The minimum absolute atomic E-state index is 0. The molecule has 0 aliphatic heterocycles.